The Hall–Kier alpha value is -1.71. The fourth-order valence-electron chi connectivity index (χ4n) is 2.66. The molecule has 0 amide bonds. The van der Waals surface area contributed by atoms with Crippen molar-refractivity contribution in [3.8, 4) is 0 Å². The average Bonchev–Trinajstić information content (AvgIpc) is 2.52. The van der Waals surface area contributed by atoms with Crippen LogP contribution in [-0.2, 0) is 6.42 Å². The number of likely N-dealkylation sites (N-methyl/N-ethyl adjacent to an activating group) is 1. The van der Waals surface area contributed by atoms with E-state index >= 15 is 0 Å². The van der Waals surface area contributed by atoms with Gasteiger partial charge in [0, 0.05) is 16.1 Å². The number of halogens is 1. The van der Waals surface area contributed by atoms with Gasteiger partial charge < -0.3 is 5.32 Å². The minimum Gasteiger partial charge on any atom is -0.311 e. The van der Waals surface area contributed by atoms with E-state index in [0.29, 0.717) is 0 Å². The maximum absolute atomic E-state index is 4.62. The quantitative estimate of drug-likeness (QED) is 0.756. The lowest BCUT2D eigenvalue weighted by molar-refractivity contribution is 0.581. The van der Waals surface area contributed by atoms with Gasteiger partial charge in [-0.2, -0.15) is 0 Å². The van der Waals surface area contributed by atoms with Crippen molar-refractivity contribution >= 4 is 26.7 Å². The SMILES string of the molecule is CNC(Cc1cccc(Br)c1)c1nccc2ccccc12. The molecule has 0 fully saturated rings. The normalized spacial score (nSPS) is 12.5. The number of fused-ring (bicyclic) bond motifs is 1. The van der Waals surface area contributed by atoms with Crippen LogP contribution in [0.25, 0.3) is 10.8 Å². The largest absolute Gasteiger partial charge is 0.311 e. The number of hydrogen-bond acceptors (Lipinski definition) is 2. The summed E-state index contributed by atoms with van der Waals surface area (Å²) in [6.07, 6.45) is 2.81. The van der Waals surface area contributed by atoms with Gasteiger partial charge >= 0.3 is 0 Å². The minimum atomic E-state index is 0.199. The molecule has 0 bridgehead atoms. The van der Waals surface area contributed by atoms with Crippen molar-refractivity contribution < 1.29 is 0 Å². The van der Waals surface area contributed by atoms with E-state index in [9.17, 15) is 0 Å². The second-order valence-corrected chi connectivity index (χ2v) is 6.01. The molecule has 2 nitrogen and oxygen atoms in total. The zero-order valence-corrected chi connectivity index (χ0v) is 13.5. The number of rotatable bonds is 4. The van der Waals surface area contributed by atoms with Gasteiger partial charge in [-0.25, -0.2) is 0 Å². The summed E-state index contributed by atoms with van der Waals surface area (Å²) < 4.78 is 1.11. The second kappa shape index (κ2) is 6.37. The van der Waals surface area contributed by atoms with Crippen LogP contribution >= 0.6 is 15.9 Å². The number of aromatic nitrogens is 1. The van der Waals surface area contributed by atoms with Gasteiger partial charge in [-0.15, -0.1) is 0 Å². The van der Waals surface area contributed by atoms with Crippen LogP contribution in [0.15, 0.2) is 65.3 Å². The smallest absolute Gasteiger partial charge is 0.0654 e. The summed E-state index contributed by atoms with van der Waals surface area (Å²) in [5.41, 5.74) is 2.40. The highest BCUT2D eigenvalue weighted by Crippen LogP contribution is 2.25. The first kappa shape index (κ1) is 14.2. The molecule has 3 rings (SSSR count). The predicted octanol–water partition coefficient (Wildman–Crippen LogP) is 4.50. The van der Waals surface area contributed by atoms with Gasteiger partial charge in [0.25, 0.3) is 0 Å². The predicted molar refractivity (Wildman–Crippen MR) is 91.4 cm³/mol. The van der Waals surface area contributed by atoms with Crippen molar-refractivity contribution in [2.75, 3.05) is 7.05 Å². The Morgan fingerprint density at radius 2 is 1.95 bits per heavy atom. The Morgan fingerprint density at radius 1 is 1.10 bits per heavy atom. The van der Waals surface area contributed by atoms with Gasteiger partial charge in [0.15, 0.2) is 0 Å². The molecule has 0 aliphatic rings. The maximum atomic E-state index is 4.62. The molecule has 0 aliphatic carbocycles. The molecule has 21 heavy (non-hydrogen) atoms. The highest BCUT2D eigenvalue weighted by atomic mass is 79.9. The lowest BCUT2D eigenvalue weighted by atomic mass is 9.99. The van der Waals surface area contributed by atoms with Gasteiger partial charge in [0.05, 0.1) is 11.7 Å². The number of benzene rings is 2. The molecule has 3 heteroatoms. The first-order valence-corrected chi connectivity index (χ1v) is 7.82. The third-order valence-corrected chi connectivity index (χ3v) is 4.21. The average molecular weight is 341 g/mol. The first-order valence-electron chi connectivity index (χ1n) is 7.03. The van der Waals surface area contributed by atoms with Crippen LogP contribution in [0.5, 0.6) is 0 Å². The van der Waals surface area contributed by atoms with E-state index in [0.717, 1.165) is 16.6 Å². The summed E-state index contributed by atoms with van der Waals surface area (Å²) in [4.78, 5) is 4.62. The third kappa shape index (κ3) is 3.14. The van der Waals surface area contributed by atoms with Crippen molar-refractivity contribution in [2.45, 2.75) is 12.5 Å². The number of pyridine rings is 1. The highest BCUT2D eigenvalue weighted by molar-refractivity contribution is 9.10. The van der Waals surface area contributed by atoms with E-state index in [4.69, 9.17) is 0 Å². The Labute approximate surface area is 133 Å². The van der Waals surface area contributed by atoms with Crippen LogP contribution in [0.3, 0.4) is 0 Å². The molecule has 3 aromatic rings. The molecule has 1 N–H and O–H groups in total. The topological polar surface area (TPSA) is 24.9 Å². The minimum absolute atomic E-state index is 0.199. The lowest BCUT2D eigenvalue weighted by Gasteiger charge is -2.18. The molecule has 1 aromatic heterocycles. The molecule has 0 aliphatic heterocycles. The van der Waals surface area contributed by atoms with E-state index in [-0.39, 0.29) is 6.04 Å². The molecule has 2 aromatic carbocycles. The van der Waals surface area contributed by atoms with E-state index in [2.05, 4.69) is 74.8 Å². The molecule has 0 saturated carbocycles. The second-order valence-electron chi connectivity index (χ2n) is 5.09. The van der Waals surface area contributed by atoms with Gasteiger partial charge in [-0.1, -0.05) is 52.3 Å². The fourth-order valence-corrected chi connectivity index (χ4v) is 3.10. The van der Waals surface area contributed by atoms with Gasteiger partial charge in [0.2, 0.25) is 0 Å². The van der Waals surface area contributed by atoms with Crippen molar-refractivity contribution in [3.05, 3.63) is 76.5 Å². The Balaban J connectivity index is 1.98. The molecule has 0 saturated heterocycles. The van der Waals surface area contributed by atoms with E-state index in [1.807, 2.05) is 19.3 Å². The zero-order valence-electron chi connectivity index (χ0n) is 11.9. The highest BCUT2D eigenvalue weighted by Gasteiger charge is 2.14. The summed E-state index contributed by atoms with van der Waals surface area (Å²) in [6, 6.07) is 19.1. The molecule has 106 valence electrons. The lowest BCUT2D eigenvalue weighted by Crippen LogP contribution is -2.20. The Kier molecular flexibility index (Phi) is 4.32. The van der Waals surface area contributed by atoms with Crippen LogP contribution in [-0.4, -0.2) is 12.0 Å². The van der Waals surface area contributed by atoms with Crippen LogP contribution in [0.1, 0.15) is 17.3 Å². The van der Waals surface area contributed by atoms with Gasteiger partial charge in [-0.3, -0.25) is 4.98 Å². The molecule has 0 radical (unpaired) electrons. The van der Waals surface area contributed by atoms with Crippen molar-refractivity contribution in [1.29, 1.82) is 0 Å². The fraction of sp³-hybridized carbons (Fsp3) is 0.167. The Morgan fingerprint density at radius 3 is 2.76 bits per heavy atom. The van der Waals surface area contributed by atoms with Crippen molar-refractivity contribution in [2.24, 2.45) is 0 Å². The summed E-state index contributed by atoms with van der Waals surface area (Å²) >= 11 is 3.53. The molecular formula is C18H17BrN2. The Bertz CT molecular complexity index is 750. The third-order valence-electron chi connectivity index (χ3n) is 3.71. The summed E-state index contributed by atoms with van der Waals surface area (Å²) in [5.74, 6) is 0. The van der Waals surface area contributed by atoms with Crippen LogP contribution < -0.4 is 5.32 Å². The summed E-state index contributed by atoms with van der Waals surface area (Å²) in [6.45, 7) is 0. The molecule has 0 spiro atoms. The van der Waals surface area contributed by atoms with Crippen LogP contribution in [0, 0.1) is 0 Å². The monoisotopic (exact) mass is 340 g/mol. The van der Waals surface area contributed by atoms with E-state index in [1.54, 1.807) is 0 Å². The summed E-state index contributed by atoms with van der Waals surface area (Å²) in [7, 11) is 1.99. The standard InChI is InChI=1S/C18H17BrN2/c1-20-17(12-13-5-4-7-15(19)11-13)18-16-8-3-2-6-14(16)9-10-21-18/h2-11,17,20H,12H2,1H3. The van der Waals surface area contributed by atoms with E-state index < -0.39 is 0 Å². The molecule has 1 atom stereocenters. The number of nitrogens with zero attached hydrogens (tertiary/aromatic N) is 1. The van der Waals surface area contributed by atoms with Crippen LogP contribution in [0.2, 0.25) is 0 Å². The summed E-state index contributed by atoms with van der Waals surface area (Å²) in [5, 5.41) is 5.85. The molecule has 1 unspecified atom stereocenters. The van der Waals surface area contributed by atoms with E-state index in [1.165, 1.54) is 16.3 Å². The van der Waals surface area contributed by atoms with Crippen molar-refractivity contribution in [3.63, 3.8) is 0 Å². The number of hydrogen-bond donors (Lipinski definition) is 1. The maximum Gasteiger partial charge on any atom is 0.0654 e. The first-order chi connectivity index (χ1) is 10.3. The van der Waals surface area contributed by atoms with Gasteiger partial charge in [-0.05, 0) is 42.6 Å². The zero-order chi connectivity index (χ0) is 14.7. The molecule has 1 heterocycles. The van der Waals surface area contributed by atoms with Crippen LogP contribution in [0.4, 0.5) is 0 Å². The van der Waals surface area contributed by atoms with Crippen molar-refractivity contribution in [1.82, 2.24) is 10.3 Å². The van der Waals surface area contributed by atoms with Gasteiger partial charge in [0.1, 0.15) is 0 Å². The molecular weight excluding hydrogens is 324 g/mol. The number of nitrogens with one attached hydrogen (secondary N) is 1.